The zero-order chi connectivity index (χ0) is 14.3. The number of benzene rings is 1. The van der Waals surface area contributed by atoms with Gasteiger partial charge in [0.2, 0.25) is 5.78 Å². The number of hydrogen-bond donors (Lipinski definition) is 0. The molecule has 7 heteroatoms. The van der Waals surface area contributed by atoms with Crippen LogP contribution in [0.3, 0.4) is 0 Å². The summed E-state index contributed by atoms with van der Waals surface area (Å²) in [6, 6.07) is 4.22. The number of ether oxygens (including phenoxy) is 1. The summed E-state index contributed by atoms with van der Waals surface area (Å²) in [6.45, 7) is 0. The summed E-state index contributed by atoms with van der Waals surface area (Å²) in [5, 5.41) is 0. The Morgan fingerprint density at radius 2 is 1.58 bits per heavy atom. The van der Waals surface area contributed by atoms with E-state index in [0.717, 1.165) is 25.0 Å². The Kier molecular flexibility index (Phi) is 3.24. The minimum atomic E-state index is -5.90. The third-order valence-corrected chi connectivity index (χ3v) is 2.58. The Hall–Kier alpha value is -1.66. The molecule has 0 N–H and O–H groups in total. The molecule has 0 radical (unpaired) electrons. The summed E-state index contributed by atoms with van der Waals surface area (Å²) in [4.78, 5) is 11.1. The lowest BCUT2D eigenvalue weighted by Crippen LogP contribution is -2.44. The van der Waals surface area contributed by atoms with Crippen LogP contribution in [0, 0.1) is 0 Å². The van der Waals surface area contributed by atoms with E-state index in [1.54, 1.807) is 0 Å². The van der Waals surface area contributed by atoms with Crippen molar-refractivity contribution in [1.82, 2.24) is 0 Å². The molecule has 19 heavy (non-hydrogen) atoms. The van der Waals surface area contributed by atoms with Gasteiger partial charge in [-0.05, 0) is 37.1 Å². The fraction of sp³-hybridized carbons (Fsp3) is 0.417. The first-order chi connectivity index (χ1) is 8.72. The van der Waals surface area contributed by atoms with Crippen molar-refractivity contribution in [2.24, 2.45) is 0 Å². The maximum absolute atomic E-state index is 12.8. The summed E-state index contributed by atoms with van der Waals surface area (Å²) in [5.41, 5.74) is -0.703. The van der Waals surface area contributed by atoms with Gasteiger partial charge in [-0.15, -0.1) is 0 Å². The maximum atomic E-state index is 12.8. The SMILES string of the molecule is O=C(c1ccc(OC2CC2)cc1)C(F)(F)C(F)(F)F. The highest BCUT2D eigenvalue weighted by Gasteiger charge is 2.63. The molecule has 0 heterocycles. The van der Waals surface area contributed by atoms with Gasteiger partial charge in [0.05, 0.1) is 6.10 Å². The molecule has 0 bridgehead atoms. The molecule has 0 atom stereocenters. The predicted molar refractivity (Wildman–Crippen MR) is 55.4 cm³/mol. The third kappa shape index (κ3) is 2.85. The molecule has 0 unspecified atom stereocenters. The van der Waals surface area contributed by atoms with Crippen molar-refractivity contribution in [1.29, 1.82) is 0 Å². The molecule has 2 rings (SSSR count). The molecular weight excluding hydrogens is 271 g/mol. The summed E-state index contributed by atoms with van der Waals surface area (Å²) >= 11 is 0. The number of Topliss-reactive ketones (excluding diaryl/α,β-unsaturated/α-hetero) is 1. The van der Waals surface area contributed by atoms with Crippen LogP contribution in [0.25, 0.3) is 0 Å². The zero-order valence-electron chi connectivity index (χ0n) is 9.51. The number of carbonyl (C=O) groups excluding carboxylic acids is 1. The Labute approximate surface area is 105 Å². The first kappa shape index (κ1) is 13.8. The van der Waals surface area contributed by atoms with Crippen LogP contribution in [0.15, 0.2) is 24.3 Å². The standard InChI is InChI=1S/C12H9F5O2/c13-11(14,12(15,16)17)10(18)7-1-3-8(4-2-7)19-9-5-6-9/h1-4,9H,5-6H2. The smallest absolute Gasteiger partial charge is 0.461 e. The molecule has 104 valence electrons. The van der Waals surface area contributed by atoms with Crippen molar-refractivity contribution in [2.75, 3.05) is 0 Å². The van der Waals surface area contributed by atoms with Crippen LogP contribution in [0.5, 0.6) is 5.75 Å². The van der Waals surface area contributed by atoms with Gasteiger partial charge in [-0.2, -0.15) is 22.0 Å². The highest BCUT2D eigenvalue weighted by Crippen LogP contribution is 2.38. The van der Waals surface area contributed by atoms with Crippen LogP contribution < -0.4 is 4.74 Å². The average Bonchev–Trinajstić information content (AvgIpc) is 3.11. The van der Waals surface area contributed by atoms with Crippen molar-refractivity contribution in [3.05, 3.63) is 29.8 Å². The van der Waals surface area contributed by atoms with E-state index in [2.05, 4.69) is 0 Å². The number of ketones is 1. The van der Waals surface area contributed by atoms with Crippen LogP contribution in [0.2, 0.25) is 0 Å². The van der Waals surface area contributed by atoms with Crippen molar-refractivity contribution >= 4 is 5.78 Å². The fourth-order valence-corrected chi connectivity index (χ4v) is 1.37. The molecule has 1 fully saturated rings. The topological polar surface area (TPSA) is 26.3 Å². The van der Waals surface area contributed by atoms with E-state index >= 15 is 0 Å². The molecular formula is C12H9F5O2. The molecule has 2 nitrogen and oxygen atoms in total. The van der Waals surface area contributed by atoms with E-state index in [-0.39, 0.29) is 6.10 Å². The third-order valence-electron chi connectivity index (χ3n) is 2.58. The van der Waals surface area contributed by atoms with Gasteiger partial charge in [0.25, 0.3) is 0 Å². The molecule has 1 aromatic carbocycles. The predicted octanol–water partition coefficient (Wildman–Crippen LogP) is 3.61. The van der Waals surface area contributed by atoms with Crippen LogP contribution in [0.1, 0.15) is 23.2 Å². The minimum absolute atomic E-state index is 0.0677. The van der Waals surface area contributed by atoms with Gasteiger partial charge in [0.15, 0.2) is 0 Å². The van der Waals surface area contributed by atoms with E-state index in [9.17, 15) is 26.7 Å². The Morgan fingerprint density at radius 3 is 2.00 bits per heavy atom. The van der Waals surface area contributed by atoms with E-state index in [1.165, 1.54) is 12.1 Å². The molecule has 0 aromatic heterocycles. The number of rotatable bonds is 4. The lowest BCUT2D eigenvalue weighted by Gasteiger charge is -2.18. The molecule has 0 spiro atoms. The lowest BCUT2D eigenvalue weighted by molar-refractivity contribution is -0.255. The van der Waals surface area contributed by atoms with E-state index < -0.39 is 23.4 Å². The van der Waals surface area contributed by atoms with Crippen LogP contribution >= 0.6 is 0 Å². The monoisotopic (exact) mass is 280 g/mol. The van der Waals surface area contributed by atoms with Gasteiger partial charge >= 0.3 is 12.1 Å². The van der Waals surface area contributed by atoms with Crippen molar-refractivity contribution in [3.8, 4) is 5.75 Å². The summed E-state index contributed by atoms with van der Waals surface area (Å²) in [6.07, 6.45) is -4.06. The van der Waals surface area contributed by atoms with Crippen LogP contribution in [0.4, 0.5) is 22.0 Å². The van der Waals surface area contributed by atoms with Gasteiger partial charge in [0.1, 0.15) is 5.75 Å². The average molecular weight is 280 g/mol. The normalized spacial score (nSPS) is 16.3. The van der Waals surface area contributed by atoms with Crippen LogP contribution in [-0.2, 0) is 0 Å². The summed E-state index contributed by atoms with van der Waals surface area (Å²) < 4.78 is 67.0. The first-order valence-corrected chi connectivity index (χ1v) is 5.48. The summed E-state index contributed by atoms with van der Waals surface area (Å²) in [5.74, 6) is -7.31. The second-order valence-corrected chi connectivity index (χ2v) is 4.24. The largest absolute Gasteiger partial charge is 0.490 e. The van der Waals surface area contributed by atoms with Crippen molar-refractivity contribution < 1.29 is 31.5 Å². The van der Waals surface area contributed by atoms with E-state index in [0.29, 0.717) is 5.75 Å². The number of halogens is 5. The minimum Gasteiger partial charge on any atom is -0.490 e. The highest BCUT2D eigenvalue weighted by atomic mass is 19.4. The second kappa shape index (κ2) is 4.47. The highest BCUT2D eigenvalue weighted by molar-refractivity contribution is 6.02. The quantitative estimate of drug-likeness (QED) is 0.622. The molecule has 0 saturated heterocycles. The van der Waals surface area contributed by atoms with Gasteiger partial charge < -0.3 is 4.74 Å². The van der Waals surface area contributed by atoms with Gasteiger partial charge in [-0.1, -0.05) is 0 Å². The van der Waals surface area contributed by atoms with Gasteiger partial charge in [-0.25, -0.2) is 0 Å². The van der Waals surface area contributed by atoms with Gasteiger partial charge in [0, 0.05) is 5.56 Å². The molecule has 0 aliphatic heterocycles. The second-order valence-electron chi connectivity index (χ2n) is 4.24. The molecule has 1 aromatic rings. The van der Waals surface area contributed by atoms with E-state index in [1.807, 2.05) is 0 Å². The maximum Gasteiger partial charge on any atom is 0.461 e. The number of hydrogen-bond acceptors (Lipinski definition) is 2. The van der Waals surface area contributed by atoms with Crippen molar-refractivity contribution in [3.63, 3.8) is 0 Å². The first-order valence-electron chi connectivity index (χ1n) is 5.48. The van der Waals surface area contributed by atoms with E-state index in [4.69, 9.17) is 4.74 Å². The Bertz CT molecular complexity index is 474. The summed E-state index contributed by atoms with van der Waals surface area (Å²) in [7, 11) is 0. The lowest BCUT2D eigenvalue weighted by atomic mass is 10.1. The van der Waals surface area contributed by atoms with Crippen LogP contribution in [-0.4, -0.2) is 24.0 Å². The number of carbonyl (C=O) groups is 1. The molecule has 0 amide bonds. The molecule has 1 aliphatic rings. The van der Waals surface area contributed by atoms with Gasteiger partial charge in [-0.3, -0.25) is 4.79 Å². The fourth-order valence-electron chi connectivity index (χ4n) is 1.37. The molecule has 1 aliphatic carbocycles. The molecule has 1 saturated carbocycles. The number of alkyl halides is 5. The Morgan fingerprint density at radius 1 is 1.05 bits per heavy atom. The van der Waals surface area contributed by atoms with Crippen molar-refractivity contribution in [2.45, 2.75) is 31.0 Å². The zero-order valence-corrected chi connectivity index (χ0v) is 9.51. The Balaban J connectivity index is 2.14.